The van der Waals surface area contributed by atoms with E-state index in [9.17, 15) is 14.7 Å². The molecule has 124 valence electrons. The average molecular weight is 347 g/mol. The maximum absolute atomic E-state index is 12.1. The maximum Gasteiger partial charge on any atom is 1.00 e. The summed E-state index contributed by atoms with van der Waals surface area (Å²) in [5.41, 5.74) is 1.77. The second-order valence-corrected chi connectivity index (χ2v) is 5.23. The van der Waals surface area contributed by atoms with Crippen LogP contribution in [-0.2, 0) is 9.59 Å². The van der Waals surface area contributed by atoms with Crippen molar-refractivity contribution in [1.29, 1.82) is 0 Å². The molecule has 5 nitrogen and oxygen atoms in total. The van der Waals surface area contributed by atoms with Gasteiger partial charge in [-0.25, -0.2) is 0 Å². The summed E-state index contributed by atoms with van der Waals surface area (Å²) in [7, 11) is 1.57. The fourth-order valence-electron chi connectivity index (χ4n) is 2.21. The molecule has 0 spiro atoms. The number of hydrogen-bond donors (Lipinski definition) is 1. The number of para-hydroxylation sites is 1. The molecule has 25 heavy (non-hydrogen) atoms. The molecule has 0 heterocycles. The predicted molar refractivity (Wildman–Crippen MR) is 90.5 cm³/mol. The molecular formula is C19H18NNaO4. The van der Waals surface area contributed by atoms with E-state index in [0.717, 1.165) is 5.56 Å². The number of anilines is 1. The number of carbonyl (C=O) groups excluding carboxylic acids is 2. The van der Waals surface area contributed by atoms with Crippen molar-refractivity contribution in [2.24, 2.45) is 0 Å². The number of amides is 1. The number of aliphatic carboxylic acids is 1. The molecule has 2 aromatic rings. The Morgan fingerprint density at radius 2 is 1.88 bits per heavy atom. The third-order valence-electron chi connectivity index (χ3n) is 3.56. The molecule has 1 N–H and O–H groups in total. The molecule has 1 unspecified atom stereocenters. The summed E-state index contributed by atoms with van der Waals surface area (Å²) in [6, 6.07) is 14.0. The van der Waals surface area contributed by atoms with Crippen molar-refractivity contribution in [1.82, 2.24) is 0 Å². The van der Waals surface area contributed by atoms with Crippen LogP contribution >= 0.6 is 0 Å². The zero-order valence-corrected chi connectivity index (χ0v) is 16.5. The van der Waals surface area contributed by atoms with Gasteiger partial charge in [-0.15, -0.1) is 0 Å². The van der Waals surface area contributed by atoms with Crippen molar-refractivity contribution in [3.8, 4) is 5.75 Å². The van der Waals surface area contributed by atoms with Crippen molar-refractivity contribution < 1.29 is 49.0 Å². The zero-order valence-electron chi connectivity index (χ0n) is 14.5. The normalized spacial score (nSPS) is 11.4. The third-order valence-corrected chi connectivity index (χ3v) is 3.56. The van der Waals surface area contributed by atoms with E-state index in [1.54, 1.807) is 43.5 Å². The van der Waals surface area contributed by atoms with Crippen LogP contribution in [0.1, 0.15) is 24.0 Å². The summed E-state index contributed by atoms with van der Waals surface area (Å²) in [4.78, 5) is 23.2. The number of carbonyl (C=O) groups is 2. The van der Waals surface area contributed by atoms with Gasteiger partial charge in [-0.3, -0.25) is 4.79 Å². The number of benzene rings is 2. The fraction of sp³-hybridized carbons (Fsp3) is 0.158. The largest absolute Gasteiger partial charge is 1.00 e. The minimum absolute atomic E-state index is 0. The predicted octanol–water partition coefficient (Wildman–Crippen LogP) is -0.795. The Kier molecular flexibility index (Phi) is 8.41. The van der Waals surface area contributed by atoms with Crippen molar-refractivity contribution in [3.05, 3.63) is 65.7 Å². The number of methoxy groups -OCH3 is 1. The topological polar surface area (TPSA) is 78.5 Å². The van der Waals surface area contributed by atoms with Gasteiger partial charge >= 0.3 is 29.6 Å². The van der Waals surface area contributed by atoms with E-state index in [0.29, 0.717) is 17.0 Å². The summed E-state index contributed by atoms with van der Waals surface area (Å²) in [5, 5.41) is 13.8. The minimum atomic E-state index is -1.19. The molecule has 2 rings (SSSR count). The Morgan fingerprint density at radius 3 is 2.56 bits per heavy atom. The summed E-state index contributed by atoms with van der Waals surface area (Å²) < 4.78 is 5.13. The van der Waals surface area contributed by atoms with Crippen LogP contribution in [0.25, 0.3) is 6.08 Å². The molecule has 0 fully saturated rings. The van der Waals surface area contributed by atoms with E-state index in [1.165, 1.54) is 13.0 Å². The van der Waals surface area contributed by atoms with Gasteiger partial charge in [0.1, 0.15) is 5.75 Å². The summed E-state index contributed by atoms with van der Waals surface area (Å²) in [6.45, 7) is 1.52. The molecule has 1 atom stereocenters. The summed E-state index contributed by atoms with van der Waals surface area (Å²) in [6.07, 6.45) is 3.04. The molecule has 6 heteroatoms. The third kappa shape index (κ3) is 6.05. The van der Waals surface area contributed by atoms with Crippen molar-refractivity contribution in [2.45, 2.75) is 12.8 Å². The molecule has 0 aliphatic carbocycles. The van der Waals surface area contributed by atoms with Gasteiger partial charge in [-0.1, -0.05) is 37.3 Å². The van der Waals surface area contributed by atoms with Crippen LogP contribution in [0.2, 0.25) is 0 Å². The molecule has 0 aliphatic heterocycles. The van der Waals surface area contributed by atoms with Crippen LogP contribution < -0.4 is 44.7 Å². The van der Waals surface area contributed by atoms with Gasteiger partial charge in [0, 0.05) is 23.7 Å². The Labute approximate surface area is 169 Å². The van der Waals surface area contributed by atoms with Crippen LogP contribution in [0.3, 0.4) is 0 Å². The monoisotopic (exact) mass is 347 g/mol. The van der Waals surface area contributed by atoms with Crippen LogP contribution in [0.5, 0.6) is 5.75 Å². The number of carboxylic acid groups (broad SMARTS) is 1. The minimum Gasteiger partial charge on any atom is -0.550 e. The Morgan fingerprint density at radius 1 is 1.16 bits per heavy atom. The summed E-state index contributed by atoms with van der Waals surface area (Å²) >= 11 is 0. The van der Waals surface area contributed by atoms with E-state index in [4.69, 9.17) is 4.74 Å². The first-order valence-electron chi connectivity index (χ1n) is 7.44. The van der Waals surface area contributed by atoms with Gasteiger partial charge in [-0.2, -0.15) is 0 Å². The Balaban J connectivity index is 0.00000312. The van der Waals surface area contributed by atoms with E-state index >= 15 is 0 Å². The molecule has 2 aromatic carbocycles. The molecule has 0 aromatic heterocycles. The molecule has 0 saturated carbocycles. The standard InChI is InChI=1S/C19H19NO4.Na/c1-13(19(22)23)16-8-3-4-9-17(16)20-18(21)11-10-14-6-5-7-15(12-14)24-2;/h3-13H,1-2H3,(H,20,21)(H,22,23);/q;+1/p-1. The fourth-order valence-corrected chi connectivity index (χ4v) is 2.21. The van der Waals surface area contributed by atoms with E-state index in [1.807, 2.05) is 18.2 Å². The second-order valence-electron chi connectivity index (χ2n) is 5.23. The number of hydrogen-bond acceptors (Lipinski definition) is 4. The van der Waals surface area contributed by atoms with Gasteiger partial charge in [0.25, 0.3) is 0 Å². The molecule has 0 bridgehead atoms. The van der Waals surface area contributed by atoms with Gasteiger partial charge in [0.2, 0.25) is 5.91 Å². The van der Waals surface area contributed by atoms with Gasteiger partial charge in [-0.05, 0) is 35.4 Å². The Hall–Kier alpha value is -2.08. The number of ether oxygens (including phenoxy) is 1. The van der Waals surface area contributed by atoms with Crippen LogP contribution in [0.15, 0.2) is 54.6 Å². The van der Waals surface area contributed by atoms with Crippen molar-refractivity contribution in [2.75, 3.05) is 12.4 Å². The number of nitrogens with one attached hydrogen (secondary N) is 1. The first-order valence-corrected chi connectivity index (χ1v) is 7.44. The van der Waals surface area contributed by atoms with E-state index in [-0.39, 0.29) is 35.5 Å². The molecular weight excluding hydrogens is 329 g/mol. The van der Waals surface area contributed by atoms with Gasteiger partial charge < -0.3 is 20.0 Å². The van der Waals surface area contributed by atoms with Crippen LogP contribution in [-0.4, -0.2) is 19.0 Å². The zero-order chi connectivity index (χ0) is 17.5. The SMILES string of the molecule is COc1cccc(C=CC(=O)Nc2ccccc2C(C)C(=O)[O-])c1.[Na+]. The second kappa shape index (κ2) is 10.0. The molecule has 0 saturated heterocycles. The van der Waals surface area contributed by atoms with Gasteiger partial charge in [0.05, 0.1) is 7.11 Å². The number of rotatable bonds is 6. The quantitative estimate of drug-likeness (QED) is 0.548. The van der Waals surface area contributed by atoms with Crippen LogP contribution in [0.4, 0.5) is 5.69 Å². The average Bonchev–Trinajstić information content (AvgIpc) is 2.60. The molecule has 0 aliphatic rings. The Bertz CT molecular complexity index is 774. The first-order chi connectivity index (χ1) is 11.5. The van der Waals surface area contributed by atoms with Crippen molar-refractivity contribution in [3.63, 3.8) is 0 Å². The van der Waals surface area contributed by atoms with Gasteiger partial charge in [0.15, 0.2) is 0 Å². The number of carboxylic acids is 1. The van der Waals surface area contributed by atoms with E-state index < -0.39 is 11.9 Å². The first kappa shape index (κ1) is 21.0. The molecule has 1 amide bonds. The maximum atomic E-state index is 12.1. The molecule has 0 radical (unpaired) electrons. The van der Waals surface area contributed by atoms with E-state index in [2.05, 4.69) is 5.32 Å². The van der Waals surface area contributed by atoms with Crippen LogP contribution in [0, 0.1) is 0 Å². The smallest absolute Gasteiger partial charge is 0.550 e. The van der Waals surface area contributed by atoms with Crippen molar-refractivity contribution >= 4 is 23.6 Å². The summed E-state index contributed by atoms with van der Waals surface area (Å²) in [5.74, 6) is -1.66.